The summed E-state index contributed by atoms with van der Waals surface area (Å²) in [7, 11) is 0. The summed E-state index contributed by atoms with van der Waals surface area (Å²) in [5, 5.41) is 14.1. The number of primary amides is 1. The first-order chi connectivity index (χ1) is 8.10. The minimum atomic E-state index is -0.995. The van der Waals surface area contributed by atoms with Gasteiger partial charge in [-0.1, -0.05) is 0 Å². The maximum absolute atomic E-state index is 11.9. The van der Waals surface area contributed by atoms with Crippen LogP contribution in [0.1, 0.15) is 12.8 Å². The lowest BCUT2D eigenvalue weighted by molar-refractivity contribution is -0.132. The molecule has 0 spiro atoms. The van der Waals surface area contributed by atoms with Gasteiger partial charge in [-0.2, -0.15) is 5.26 Å². The van der Waals surface area contributed by atoms with Crippen molar-refractivity contribution < 1.29 is 14.3 Å². The van der Waals surface area contributed by atoms with E-state index in [1.165, 1.54) is 0 Å². The Morgan fingerprint density at radius 1 is 1.29 bits per heavy atom. The summed E-state index contributed by atoms with van der Waals surface area (Å²) in [4.78, 5) is 22.3. The van der Waals surface area contributed by atoms with E-state index in [1.54, 1.807) is 0 Å². The van der Waals surface area contributed by atoms with E-state index in [0.29, 0.717) is 26.1 Å². The van der Waals surface area contributed by atoms with Gasteiger partial charge < -0.3 is 21.1 Å². The Morgan fingerprint density at radius 2 is 1.88 bits per heavy atom. The van der Waals surface area contributed by atoms with Gasteiger partial charge in [0.1, 0.15) is 5.41 Å². The van der Waals surface area contributed by atoms with Crippen LogP contribution in [-0.4, -0.2) is 38.2 Å². The molecule has 1 aliphatic heterocycles. The van der Waals surface area contributed by atoms with Gasteiger partial charge in [-0.25, -0.2) is 4.79 Å². The molecule has 4 N–H and O–H groups in total. The zero-order chi connectivity index (χ0) is 12.7. The van der Waals surface area contributed by atoms with Crippen molar-refractivity contribution in [2.45, 2.75) is 12.8 Å². The van der Waals surface area contributed by atoms with Crippen LogP contribution in [0.4, 0.5) is 4.79 Å². The van der Waals surface area contributed by atoms with Gasteiger partial charge >= 0.3 is 6.03 Å². The molecule has 3 amide bonds. The van der Waals surface area contributed by atoms with Crippen LogP contribution in [0.3, 0.4) is 0 Å². The number of rotatable bonds is 4. The second kappa shape index (κ2) is 6.06. The maximum Gasteiger partial charge on any atom is 0.312 e. The van der Waals surface area contributed by atoms with Crippen LogP contribution in [-0.2, 0) is 9.53 Å². The average Bonchev–Trinajstić information content (AvgIpc) is 2.35. The monoisotopic (exact) mass is 240 g/mol. The average molecular weight is 240 g/mol. The molecule has 0 aliphatic carbocycles. The van der Waals surface area contributed by atoms with Gasteiger partial charge in [0.15, 0.2) is 0 Å². The van der Waals surface area contributed by atoms with Crippen molar-refractivity contribution in [2.24, 2.45) is 11.1 Å². The molecule has 1 aliphatic rings. The molecule has 0 saturated carbocycles. The van der Waals surface area contributed by atoms with Gasteiger partial charge in [-0.3, -0.25) is 4.79 Å². The highest BCUT2D eigenvalue weighted by molar-refractivity contribution is 5.85. The molecule has 0 radical (unpaired) electrons. The second-order valence-corrected chi connectivity index (χ2v) is 3.85. The summed E-state index contributed by atoms with van der Waals surface area (Å²) >= 11 is 0. The highest BCUT2D eigenvalue weighted by atomic mass is 16.5. The lowest BCUT2D eigenvalue weighted by Crippen LogP contribution is -2.46. The molecule has 94 valence electrons. The van der Waals surface area contributed by atoms with Gasteiger partial charge in [-0.05, 0) is 12.8 Å². The third-order valence-corrected chi connectivity index (χ3v) is 2.70. The molecule has 1 saturated heterocycles. The number of amides is 3. The number of hydrogen-bond donors (Lipinski definition) is 3. The molecule has 0 unspecified atom stereocenters. The minimum absolute atomic E-state index is 0.249. The molecule has 17 heavy (non-hydrogen) atoms. The molecule has 1 heterocycles. The third kappa shape index (κ3) is 3.60. The molecule has 0 aromatic carbocycles. The van der Waals surface area contributed by atoms with Gasteiger partial charge in [0.25, 0.3) is 0 Å². The first-order valence-electron chi connectivity index (χ1n) is 5.41. The Bertz CT molecular complexity index is 331. The van der Waals surface area contributed by atoms with E-state index in [4.69, 9.17) is 15.7 Å². The Balaban J connectivity index is 2.39. The quantitative estimate of drug-likeness (QED) is 0.551. The molecule has 1 fully saturated rings. The first-order valence-corrected chi connectivity index (χ1v) is 5.41. The predicted octanol–water partition coefficient (Wildman–Crippen LogP) is -0.909. The highest BCUT2D eigenvalue weighted by Gasteiger charge is 2.40. The van der Waals surface area contributed by atoms with Crippen LogP contribution in [0, 0.1) is 16.7 Å². The Kier molecular flexibility index (Phi) is 4.72. The number of nitrogens with one attached hydrogen (secondary N) is 2. The van der Waals surface area contributed by atoms with Gasteiger partial charge in [0.05, 0.1) is 6.07 Å². The van der Waals surface area contributed by atoms with E-state index in [2.05, 4.69) is 16.7 Å². The maximum atomic E-state index is 11.9. The van der Waals surface area contributed by atoms with E-state index in [0.717, 1.165) is 0 Å². The number of carbonyl (C=O) groups is 2. The fraction of sp³-hybridized carbons (Fsp3) is 0.700. The van der Waals surface area contributed by atoms with Crippen LogP contribution in [0.25, 0.3) is 0 Å². The fourth-order valence-corrected chi connectivity index (χ4v) is 1.64. The number of urea groups is 1. The summed E-state index contributed by atoms with van der Waals surface area (Å²) < 4.78 is 5.13. The van der Waals surface area contributed by atoms with Gasteiger partial charge in [0.2, 0.25) is 5.91 Å². The molecule has 7 heteroatoms. The van der Waals surface area contributed by atoms with E-state index < -0.39 is 11.4 Å². The SMILES string of the molecule is N#CC1(C(=O)NCCNC(N)=O)CCOCC1. The molecule has 0 atom stereocenters. The molecule has 1 rings (SSSR count). The van der Waals surface area contributed by atoms with Crippen molar-refractivity contribution in [2.75, 3.05) is 26.3 Å². The van der Waals surface area contributed by atoms with Gasteiger partial charge in [0, 0.05) is 26.3 Å². The Morgan fingerprint density at radius 3 is 2.41 bits per heavy atom. The zero-order valence-electron chi connectivity index (χ0n) is 9.49. The first kappa shape index (κ1) is 13.3. The smallest absolute Gasteiger partial charge is 0.312 e. The lowest BCUT2D eigenvalue weighted by Gasteiger charge is -2.29. The lowest BCUT2D eigenvalue weighted by atomic mass is 9.81. The van der Waals surface area contributed by atoms with Crippen molar-refractivity contribution in [1.29, 1.82) is 5.26 Å². The summed E-state index contributed by atoms with van der Waals surface area (Å²) in [6.45, 7) is 1.34. The van der Waals surface area contributed by atoms with E-state index in [9.17, 15) is 9.59 Å². The van der Waals surface area contributed by atoms with Crippen molar-refractivity contribution in [3.8, 4) is 6.07 Å². The van der Waals surface area contributed by atoms with Gasteiger partial charge in [-0.15, -0.1) is 0 Å². The Labute approximate surface area is 99.3 Å². The number of carbonyl (C=O) groups excluding carboxylic acids is 2. The molecular formula is C10H16N4O3. The third-order valence-electron chi connectivity index (χ3n) is 2.70. The van der Waals surface area contributed by atoms with Crippen molar-refractivity contribution in [3.05, 3.63) is 0 Å². The normalized spacial score (nSPS) is 17.8. The van der Waals surface area contributed by atoms with Crippen LogP contribution in [0.5, 0.6) is 0 Å². The summed E-state index contributed by atoms with van der Waals surface area (Å²) in [6, 6.07) is 1.42. The molecule has 0 aromatic heterocycles. The number of nitrogens with zero attached hydrogens (tertiary/aromatic N) is 1. The molecule has 0 aromatic rings. The van der Waals surface area contributed by atoms with Crippen LogP contribution < -0.4 is 16.4 Å². The molecule has 0 bridgehead atoms. The number of ether oxygens (including phenoxy) is 1. The largest absolute Gasteiger partial charge is 0.381 e. The van der Waals surface area contributed by atoms with Crippen LogP contribution >= 0.6 is 0 Å². The number of nitriles is 1. The fourth-order valence-electron chi connectivity index (χ4n) is 1.64. The van der Waals surface area contributed by atoms with Crippen molar-refractivity contribution in [3.63, 3.8) is 0 Å². The predicted molar refractivity (Wildman–Crippen MR) is 58.7 cm³/mol. The summed E-state index contributed by atoms with van der Waals surface area (Å²) in [6.07, 6.45) is 0.803. The topological polar surface area (TPSA) is 117 Å². The number of hydrogen-bond acceptors (Lipinski definition) is 4. The van der Waals surface area contributed by atoms with E-state index in [-0.39, 0.29) is 19.0 Å². The van der Waals surface area contributed by atoms with E-state index >= 15 is 0 Å². The van der Waals surface area contributed by atoms with Crippen LogP contribution in [0.2, 0.25) is 0 Å². The summed E-state index contributed by atoms with van der Waals surface area (Å²) in [5.74, 6) is -0.311. The van der Waals surface area contributed by atoms with E-state index in [1.807, 2.05) is 0 Å². The number of nitrogens with two attached hydrogens (primary N) is 1. The second-order valence-electron chi connectivity index (χ2n) is 3.85. The molecule has 7 nitrogen and oxygen atoms in total. The minimum Gasteiger partial charge on any atom is -0.381 e. The molecular weight excluding hydrogens is 224 g/mol. The van der Waals surface area contributed by atoms with Crippen LogP contribution in [0.15, 0.2) is 0 Å². The van der Waals surface area contributed by atoms with Crippen molar-refractivity contribution >= 4 is 11.9 Å². The highest BCUT2D eigenvalue weighted by Crippen LogP contribution is 2.29. The summed E-state index contributed by atoms with van der Waals surface area (Å²) in [5.41, 5.74) is 3.88. The zero-order valence-corrected chi connectivity index (χ0v) is 9.49. The standard InChI is InChI=1S/C10H16N4O3/c11-7-10(1-5-17-6-2-10)8(15)13-3-4-14-9(12)16/h1-6H2,(H,13,15)(H3,12,14,16). The van der Waals surface area contributed by atoms with Crippen molar-refractivity contribution in [1.82, 2.24) is 10.6 Å². The Hall–Kier alpha value is -1.81.